The lowest BCUT2D eigenvalue weighted by atomic mass is 9.79. The number of carbonyl (C=O) groups is 1. The van der Waals surface area contributed by atoms with Gasteiger partial charge in [0, 0.05) is 76.2 Å². The second-order valence-electron chi connectivity index (χ2n) is 9.78. The fourth-order valence-corrected chi connectivity index (χ4v) is 5.42. The van der Waals surface area contributed by atoms with Gasteiger partial charge in [0.15, 0.2) is 0 Å². The molecular formula is C30H39N3O4. The Morgan fingerprint density at radius 3 is 2.59 bits per heavy atom. The lowest BCUT2D eigenvalue weighted by Crippen LogP contribution is -2.53. The predicted octanol–water partition coefficient (Wildman–Crippen LogP) is 5.04. The highest BCUT2D eigenvalue weighted by molar-refractivity contribution is 5.96. The standard InChI is InChI=1S/C30H39N3O4/c1-5-32(2)28-24-11-6-7-12-26(24)37-30(25(28)21-31)15-17-33(18-16-30)29(34)23-14-13-22(27(20-23)36-4)10-8-9-19-35-3/h6-7,11-14,20-21,31H,5,8-10,15-19H2,1-4H3. The SMILES string of the molecule is CCN(C)C1=C(C=N)C2(CCN(C(=O)c3ccc(CCCCOC)c(OC)c3)CC2)Oc2ccccc21. The van der Waals surface area contributed by atoms with Crippen molar-refractivity contribution < 1.29 is 19.0 Å². The van der Waals surface area contributed by atoms with Gasteiger partial charge in [0.2, 0.25) is 0 Å². The van der Waals surface area contributed by atoms with Gasteiger partial charge in [0.1, 0.15) is 17.1 Å². The highest BCUT2D eigenvalue weighted by Crippen LogP contribution is 2.45. The normalized spacial score (nSPS) is 16.3. The van der Waals surface area contributed by atoms with E-state index in [0.717, 1.165) is 66.3 Å². The number of para-hydroxylation sites is 1. The number of aryl methyl sites for hydroxylation is 1. The second kappa shape index (κ2) is 11.8. The second-order valence-corrected chi connectivity index (χ2v) is 9.78. The Morgan fingerprint density at radius 2 is 1.92 bits per heavy atom. The number of hydrogen-bond acceptors (Lipinski definition) is 6. The Hall–Kier alpha value is -3.32. The van der Waals surface area contributed by atoms with Gasteiger partial charge >= 0.3 is 0 Å². The molecule has 2 aliphatic heterocycles. The summed E-state index contributed by atoms with van der Waals surface area (Å²) in [5.74, 6) is 1.60. The molecule has 1 amide bonds. The minimum absolute atomic E-state index is 0.00146. The van der Waals surface area contributed by atoms with E-state index in [-0.39, 0.29) is 5.91 Å². The number of nitrogens with zero attached hydrogens (tertiary/aromatic N) is 2. The van der Waals surface area contributed by atoms with E-state index in [1.807, 2.05) is 41.3 Å². The van der Waals surface area contributed by atoms with Crippen molar-refractivity contribution in [2.45, 2.75) is 44.6 Å². The first-order valence-electron chi connectivity index (χ1n) is 13.2. The predicted molar refractivity (Wildman–Crippen MR) is 147 cm³/mol. The molecule has 0 aromatic heterocycles. The van der Waals surface area contributed by atoms with E-state index in [9.17, 15) is 4.79 Å². The zero-order chi connectivity index (χ0) is 26.4. The van der Waals surface area contributed by atoms with Gasteiger partial charge in [-0.15, -0.1) is 0 Å². The van der Waals surface area contributed by atoms with Crippen LogP contribution in [0.1, 0.15) is 54.1 Å². The molecule has 198 valence electrons. The van der Waals surface area contributed by atoms with E-state index in [1.165, 1.54) is 6.21 Å². The Morgan fingerprint density at radius 1 is 1.16 bits per heavy atom. The number of ether oxygens (including phenoxy) is 3. The highest BCUT2D eigenvalue weighted by Gasteiger charge is 2.45. The number of carbonyl (C=O) groups excluding carboxylic acids is 1. The summed E-state index contributed by atoms with van der Waals surface area (Å²) in [6, 6.07) is 13.8. The summed E-state index contributed by atoms with van der Waals surface area (Å²) < 4.78 is 17.4. The smallest absolute Gasteiger partial charge is 0.253 e. The highest BCUT2D eigenvalue weighted by atomic mass is 16.5. The summed E-state index contributed by atoms with van der Waals surface area (Å²) in [5.41, 5.74) is 4.08. The molecule has 37 heavy (non-hydrogen) atoms. The fourth-order valence-electron chi connectivity index (χ4n) is 5.42. The molecule has 0 bridgehead atoms. The van der Waals surface area contributed by atoms with Gasteiger partial charge in [-0.3, -0.25) is 4.79 Å². The number of fused-ring (bicyclic) bond motifs is 1. The van der Waals surface area contributed by atoms with Gasteiger partial charge in [0.05, 0.1) is 12.8 Å². The monoisotopic (exact) mass is 505 g/mol. The number of methoxy groups -OCH3 is 2. The molecule has 1 saturated heterocycles. The topological polar surface area (TPSA) is 75.1 Å². The van der Waals surface area contributed by atoms with Gasteiger partial charge in [-0.1, -0.05) is 18.2 Å². The van der Waals surface area contributed by atoms with Gasteiger partial charge in [-0.25, -0.2) is 0 Å². The summed E-state index contributed by atoms with van der Waals surface area (Å²) in [7, 11) is 5.43. The Labute approximate surface area is 220 Å². The molecule has 2 aromatic carbocycles. The van der Waals surface area contributed by atoms with Crippen molar-refractivity contribution in [1.82, 2.24) is 9.80 Å². The lowest BCUT2D eigenvalue weighted by Gasteiger charge is -2.46. The van der Waals surface area contributed by atoms with Crippen LogP contribution in [0.3, 0.4) is 0 Å². The van der Waals surface area contributed by atoms with Crippen molar-refractivity contribution in [3.05, 3.63) is 64.7 Å². The van der Waals surface area contributed by atoms with Crippen LogP contribution in [0.4, 0.5) is 0 Å². The molecule has 1 spiro atoms. The van der Waals surface area contributed by atoms with Crippen molar-refractivity contribution in [2.24, 2.45) is 0 Å². The molecule has 7 heteroatoms. The molecular weight excluding hydrogens is 466 g/mol. The molecule has 7 nitrogen and oxygen atoms in total. The minimum atomic E-state index is -0.616. The first-order valence-corrected chi connectivity index (χ1v) is 13.2. The van der Waals surface area contributed by atoms with Crippen molar-refractivity contribution in [2.75, 3.05) is 47.5 Å². The van der Waals surface area contributed by atoms with Crippen LogP contribution in [0.15, 0.2) is 48.0 Å². The molecule has 2 aromatic rings. The summed E-state index contributed by atoms with van der Waals surface area (Å²) >= 11 is 0. The molecule has 0 unspecified atom stereocenters. The molecule has 1 fully saturated rings. The minimum Gasteiger partial charge on any atom is -0.496 e. The van der Waals surface area contributed by atoms with Crippen LogP contribution < -0.4 is 9.47 Å². The number of likely N-dealkylation sites (tertiary alicyclic amines) is 1. The third-order valence-electron chi connectivity index (χ3n) is 7.63. The van der Waals surface area contributed by atoms with Crippen LogP contribution >= 0.6 is 0 Å². The number of piperidine rings is 1. The maximum absolute atomic E-state index is 13.5. The molecule has 0 aliphatic carbocycles. The molecule has 0 atom stereocenters. The average Bonchev–Trinajstić information content (AvgIpc) is 2.94. The maximum Gasteiger partial charge on any atom is 0.253 e. The van der Waals surface area contributed by atoms with Crippen LogP contribution in [0.2, 0.25) is 0 Å². The number of hydrogen-bond donors (Lipinski definition) is 1. The third kappa shape index (κ3) is 5.37. The van der Waals surface area contributed by atoms with Gasteiger partial charge < -0.3 is 29.4 Å². The van der Waals surface area contributed by atoms with E-state index in [0.29, 0.717) is 31.5 Å². The van der Waals surface area contributed by atoms with E-state index in [2.05, 4.69) is 24.9 Å². The van der Waals surface area contributed by atoms with Gasteiger partial charge in [0.25, 0.3) is 5.91 Å². The average molecular weight is 506 g/mol. The molecule has 4 rings (SSSR count). The first kappa shape index (κ1) is 26.7. The van der Waals surface area contributed by atoms with Crippen LogP contribution in [0.25, 0.3) is 5.70 Å². The number of rotatable bonds is 10. The zero-order valence-electron chi connectivity index (χ0n) is 22.5. The van der Waals surface area contributed by atoms with Crippen molar-refractivity contribution in [1.29, 1.82) is 5.41 Å². The number of benzene rings is 2. The molecule has 0 saturated carbocycles. The van der Waals surface area contributed by atoms with Crippen molar-refractivity contribution >= 4 is 17.8 Å². The van der Waals surface area contributed by atoms with Crippen molar-refractivity contribution in [3.8, 4) is 11.5 Å². The molecule has 2 aliphatic rings. The molecule has 0 radical (unpaired) electrons. The zero-order valence-corrected chi connectivity index (χ0v) is 22.5. The molecule has 2 heterocycles. The number of unbranched alkanes of at least 4 members (excludes halogenated alkanes) is 1. The number of amides is 1. The Bertz CT molecular complexity index is 1150. The summed E-state index contributed by atoms with van der Waals surface area (Å²) in [5, 5.41) is 8.31. The summed E-state index contributed by atoms with van der Waals surface area (Å²) in [6.07, 6.45) is 5.60. The number of nitrogens with one attached hydrogen (secondary N) is 1. The van der Waals surface area contributed by atoms with E-state index >= 15 is 0 Å². The fraction of sp³-hybridized carbons (Fsp3) is 0.467. The van der Waals surface area contributed by atoms with Crippen LogP contribution in [-0.2, 0) is 11.2 Å². The third-order valence-corrected chi connectivity index (χ3v) is 7.63. The van der Waals surface area contributed by atoms with E-state index in [4.69, 9.17) is 19.6 Å². The van der Waals surface area contributed by atoms with Gasteiger partial charge in [-0.05, 0) is 56.0 Å². The largest absolute Gasteiger partial charge is 0.496 e. The van der Waals surface area contributed by atoms with E-state index < -0.39 is 5.60 Å². The van der Waals surface area contributed by atoms with Gasteiger partial charge in [-0.2, -0.15) is 0 Å². The maximum atomic E-state index is 13.5. The molecule has 1 N–H and O–H groups in total. The quantitative estimate of drug-likeness (QED) is 0.362. The first-order chi connectivity index (χ1) is 18.0. The van der Waals surface area contributed by atoms with E-state index in [1.54, 1.807) is 14.2 Å². The lowest BCUT2D eigenvalue weighted by molar-refractivity contribution is 0.0284. The van der Waals surface area contributed by atoms with Crippen LogP contribution in [0.5, 0.6) is 11.5 Å². The van der Waals surface area contributed by atoms with Crippen molar-refractivity contribution in [3.63, 3.8) is 0 Å². The van der Waals surface area contributed by atoms with Crippen LogP contribution in [-0.4, -0.2) is 75.0 Å². The summed E-state index contributed by atoms with van der Waals surface area (Å²) in [4.78, 5) is 17.5. The Balaban J connectivity index is 1.52. The summed E-state index contributed by atoms with van der Waals surface area (Å²) in [6.45, 7) is 4.80. The van der Waals surface area contributed by atoms with Crippen LogP contribution in [0, 0.1) is 5.41 Å². The Kier molecular flexibility index (Phi) is 8.54.